The van der Waals surface area contributed by atoms with Crippen molar-refractivity contribution in [3.05, 3.63) is 28.3 Å². The number of pyridine rings is 1. The summed E-state index contributed by atoms with van der Waals surface area (Å²) in [5, 5.41) is 8.78. The third-order valence-electron chi connectivity index (χ3n) is 2.65. The van der Waals surface area contributed by atoms with E-state index in [1.165, 1.54) is 17.7 Å². The van der Waals surface area contributed by atoms with E-state index in [0.717, 1.165) is 0 Å². The van der Waals surface area contributed by atoms with E-state index in [1.54, 1.807) is 13.0 Å². The van der Waals surface area contributed by atoms with Crippen molar-refractivity contribution in [3.63, 3.8) is 0 Å². The number of aromatic nitrogens is 3. The van der Waals surface area contributed by atoms with Gasteiger partial charge in [0.05, 0.1) is 17.1 Å². The van der Waals surface area contributed by atoms with Gasteiger partial charge in [0.25, 0.3) is 0 Å². The fraction of sp³-hybridized carbons (Fsp3) is 0.333. The van der Waals surface area contributed by atoms with Crippen molar-refractivity contribution >= 4 is 17.1 Å². The SMILES string of the molecule is CC(=O)OC[C@@H](C)n1c(=O)[nH]c2cc(C#N)cnc21. The predicted octanol–water partition coefficient (Wildman–Crippen LogP) is 0.720. The molecule has 1 N–H and O–H groups in total. The molecule has 0 aliphatic heterocycles. The topological polar surface area (TPSA) is 101 Å². The Morgan fingerprint density at radius 1 is 1.68 bits per heavy atom. The maximum absolute atomic E-state index is 11.9. The molecule has 0 amide bonds. The number of hydrogen-bond acceptors (Lipinski definition) is 5. The number of aromatic amines is 1. The van der Waals surface area contributed by atoms with Crippen LogP contribution in [0.2, 0.25) is 0 Å². The molecule has 19 heavy (non-hydrogen) atoms. The third kappa shape index (κ3) is 2.47. The summed E-state index contributed by atoms with van der Waals surface area (Å²) in [5.41, 5.74) is 0.938. The van der Waals surface area contributed by atoms with Gasteiger partial charge in [0.2, 0.25) is 0 Å². The van der Waals surface area contributed by atoms with Gasteiger partial charge in [0, 0.05) is 13.1 Å². The van der Waals surface area contributed by atoms with Gasteiger partial charge in [-0.15, -0.1) is 0 Å². The number of carbonyl (C=O) groups is 1. The Morgan fingerprint density at radius 3 is 3.05 bits per heavy atom. The number of imidazole rings is 1. The first-order chi connectivity index (χ1) is 9.02. The van der Waals surface area contributed by atoms with Crippen molar-refractivity contribution in [1.82, 2.24) is 14.5 Å². The Balaban J connectivity index is 2.43. The normalized spacial score (nSPS) is 12.1. The molecule has 0 aromatic carbocycles. The van der Waals surface area contributed by atoms with Crippen molar-refractivity contribution < 1.29 is 9.53 Å². The highest BCUT2D eigenvalue weighted by atomic mass is 16.5. The minimum Gasteiger partial charge on any atom is -0.464 e. The largest absolute Gasteiger partial charge is 0.464 e. The summed E-state index contributed by atoms with van der Waals surface area (Å²) in [4.78, 5) is 29.4. The number of fused-ring (bicyclic) bond motifs is 1. The Morgan fingerprint density at radius 2 is 2.42 bits per heavy atom. The van der Waals surface area contributed by atoms with Crippen LogP contribution in [0.1, 0.15) is 25.5 Å². The zero-order chi connectivity index (χ0) is 14.0. The van der Waals surface area contributed by atoms with Gasteiger partial charge in [-0.05, 0) is 13.0 Å². The van der Waals surface area contributed by atoms with Crippen LogP contribution in [0.3, 0.4) is 0 Å². The minimum atomic E-state index is -0.403. The number of H-pyrrole nitrogens is 1. The molecule has 0 saturated carbocycles. The van der Waals surface area contributed by atoms with Gasteiger partial charge < -0.3 is 9.72 Å². The van der Waals surface area contributed by atoms with Crippen LogP contribution < -0.4 is 5.69 Å². The van der Waals surface area contributed by atoms with Crippen LogP contribution in [0.5, 0.6) is 0 Å². The van der Waals surface area contributed by atoms with Gasteiger partial charge in [-0.1, -0.05) is 0 Å². The maximum atomic E-state index is 11.9. The minimum absolute atomic E-state index is 0.0872. The summed E-state index contributed by atoms with van der Waals surface area (Å²) < 4.78 is 6.29. The number of nitrogens with one attached hydrogen (secondary N) is 1. The van der Waals surface area contributed by atoms with Crippen LogP contribution in [0, 0.1) is 11.3 Å². The summed E-state index contributed by atoms with van der Waals surface area (Å²) in [5.74, 6) is -0.403. The zero-order valence-corrected chi connectivity index (χ0v) is 10.5. The van der Waals surface area contributed by atoms with Crippen LogP contribution >= 0.6 is 0 Å². The Kier molecular flexibility index (Phi) is 3.33. The lowest BCUT2D eigenvalue weighted by molar-refractivity contribution is -0.141. The molecular weight excluding hydrogens is 248 g/mol. The second kappa shape index (κ2) is 4.94. The second-order valence-corrected chi connectivity index (χ2v) is 4.16. The molecule has 2 aromatic heterocycles. The van der Waals surface area contributed by atoms with Crippen LogP contribution in [0.4, 0.5) is 0 Å². The number of hydrogen-bond donors (Lipinski definition) is 1. The highest BCUT2D eigenvalue weighted by molar-refractivity contribution is 5.72. The van der Waals surface area contributed by atoms with E-state index in [9.17, 15) is 9.59 Å². The number of carbonyl (C=O) groups excluding carboxylic acids is 1. The van der Waals surface area contributed by atoms with Gasteiger partial charge in [0.1, 0.15) is 12.7 Å². The predicted molar refractivity (Wildman–Crippen MR) is 66.4 cm³/mol. The fourth-order valence-electron chi connectivity index (χ4n) is 1.80. The van der Waals surface area contributed by atoms with E-state index in [1.807, 2.05) is 6.07 Å². The first kappa shape index (κ1) is 12.8. The second-order valence-electron chi connectivity index (χ2n) is 4.16. The smallest absolute Gasteiger partial charge is 0.328 e. The summed E-state index contributed by atoms with van der Waals surface area (Å²) >= 11 is 0. The molecule has 98 valence electrons. The Hall–Kier alpha value is -2.62. The Labute approximate surface area is 108 Å². The van der Waals surface area contributed by atoms with E-state index in [0.29, 0.717) is 16.7 Å². The molecule has 0 fully saturated rings. The standard InChI is InChI=1S/C12H12N4O3/c1-7(6-19-8(2)17)16-11-10(15-12(16)18)3-9(4-13)5-14-11/h3,5,7H,6H2,1-2H3,(H,15,18)/t7-/m1/s1. The van der Waals surface area contributed by atoms with E-state index >= 15 is 0 Å². The summed E-state index contributed by atoms with van der Waals surface area (Å²) in [6, 6.07) is 3.17. The first-order valence-electron chi connectivity index (χ1n) is 5.66. The lowest BCUT2D eigenvalue weighted by atomic mass is 10.3. The van der Waals surface area contributed by atoms with E-state index in [4.69, 9.17) is 10.00 Å². The summed E-state index contributed by atoms with van der Waals surface area (Å²) in [6.45, 7) is 3.14. The van der Waals surface area contributed by atoms with Crippen LogP contribution in [-0.2, 0) is 9.53 Å². The molecule has 7 nitrogen and oxygen atoms in total. The summed E-state index contributed by atoms with van der Waals surface area (Å²) in [6.07, 6.45) is 1.39. The lowest BCUT2D eigenvalue weighted by Crippen LogP contribution is -2.24. The average Bonchev–Trinajstić information content (AvgIpc) is 2.70. The number of rotatable bonds is 3. The van der Waals surface area contributed by atoms with Crippen LogP contribution in [0.25, 0.3) is 11.2 Å². The van der Waals surface area contributed by atoms with Gasteiger partial charge in [-0.2, -0.15) is 5.26 Å². The highest BCUT2D eigenvalue weighted by Gasteiger charge is 2.15. The number of nitrogens with zero attached hydrogens (tertiary/aromatic N) is 3. The van der Waals surface area contributed by atoms with Crippen molar-refractivity contribution in [3.8, 4) is 6.07 Å². The van der Waals surface area contributed by atoms with Gasteiger partial charge >= 0.3 is 11.7 Å². The molecule has 0 unspecified atom stereocenters. The maximum Gasteiger partial charge on any atom is 0.328 e. The monoisotopic (exact) mass is 260 g/mol. The van der Waals surface area contributed by atoms with E-state index in [-0.39, 0.29) is 18.3 Å². The molecule has 0 aliphatic carbocycles. The average molecular weight is 260 g/mol. The molecule has 0 radical (unpaired) electrons. The van der Waals surface area contributed by atoms with Crippen molar-refractivity contribution in [2.75, 3.05) is 6.61 Å². The first-order valence-corrected chi connectivity index (χ1v) is 5.66. The molecule has 0 aliphatic rings. The van der Waals surface area contributed by atoms with Crippen LogP contribution in [-0.4, -0.2) is 27.1 Å². The molecular formula is C12H12N4O3. The Bertz CT molecular complexity index is 723. The molecule has 0 bridgehead atoms. The fourth-order valence-corrected chi connectivity index (χ4v) is 1.80. The zero-order valence-electron chi connectivity index (χ0n) is 10.5. The quantitative estimate of drug-likeness (QED) is 0.819. The lowest BCUT2D eigenvalue weighted by Gasteiger charge is -2.12. The van der Waals surface area contributed by atoms with Gasteiger partial charge in [-0.3, -0.25) is 9.36 Å². The molecule has 7 heteroatoms. The van der Waals surface area contributed by atoms with Crippen LogP contribution in [0.15, 0.2) is 17.1 Å². The highest BCUT2D eigenvalue weighted by Crippen LogP contribution is 2.14. The van der Waals surface area contributed by atoms with E-state index < -0.39 is 5.97 Å². The van der Waals surface area contributed by atoms with E-state index in [2.05, 4.69) is 9.97 Å². The molecule has 2 rings (SSSR count). The molecule has 1 atom stereocenters. The van der Waals surface area contributed by atoms with Crippen molar-refractivity contribution in [2.45, 2.75) is 19.9 Å². The third-order valence-corrected chi connectivity index (χ3v) is 2.65. The number of nitriles is 1. The van der Waals surface area contributed by atoms with Gasteiger partial charge in [0.15, 0.2) is 5.65 Å². The molecule has 0 saturated heterocycles. The molecule has 0 spiro atoms. The molecule has 2 aromatic rings. The number of esters is 1. The summed E-state index contributed by atoms with van der Waals surface area (Å²) in [7, 11) is 0. The number of ether oxygens (including phenoxy) is 1. The molecule has 2 heterocycles. The van der Waals surface area contributed by atoms with Crippen molar-refractivity contribution in [1.29, 1.82) is 5.26 Å². The van der Waals surface area contributed by atoms with Gasteiger partial charge in [-0.25, -0.2) is 9.78 Å². The van der Waals surface area contributed by atoms with Crippen molar-refractivity contribution in [2.24, 2.45) is 0 Å².